The zero-order chi connectivity index (χ0) is 13.8. The summed E-state index contributed by atoms with van der Waals surface area (Å²) in [5.41, 5.74) is 0.0493. The molecule has 0 bridgehead atoms. The van der Waals surface area contributed by atoms with Crippen molar-refractivity contribution in [2.45, 2.75) is 6.54 Å². The van der Waals surface area contributed by atoms with Gasteiger partial charge in [-0.1, -0.05) is 0 Å². The normalized spacial score (nSPS) is 10.2. The van der Waals surface area contributed by atoms with Crippen LogP contribution in [0.5, 0.6) is 5.75 Å². The van der Waals surface area contributed by atoms with Crippen molar-refractivity contribution in [3.05, 3.63) is 64.3 Å². The van der Waals surface area contributed by atoms with Gasteiger partial charge in [-0.2, -0.15) is 0 Å². The van der Waals surface area contributed by atoms with Gasteiger partial charge in [0.1, 0.15) is 11.6 Å². The molecular formula is C14H12FNO3. The fraction of sp³-hybridized carbons (Fsp3) is 0.143. The third-order valence-electron chi connectivity index (χ3n) is 2.65. The van der Waals surface area contributed by atoms with Crippen LogP contribution in [-0.4, -0.2) is 17.5 Å². The first-order valence-corrected chi connectivity index (χ1v) is 5.63. The Kier molecular flexibility index (Phi) is 3.75. The summed E-state index contributed by atoms with van der Waals surface area (Å²) >= 11 is 0. The van der Waals surface area contributed by atoms with Crippen LogP contribution in [0.4, 0.5) is 4.39 Å². The van der Waals surface area contributed by atoms with Gasteiger partial charge in [-0.25, -0.2) is 4.39 Å². The number of carbonyl (C=O) groups is 1. The van der Waals surface area contributed by atoms with Crippen LogP contribution in [0.15, 0.2) is 47.5 Å². The van der Waals surface area contributed by atoms with Crippen molar-refractivity contribution in [2.75, 3.05) is 7.11 Å². The Hall–Kier alpha value is -2.43. The second-order valence-electron chi connectivity index (χ2n) is 3.97. The van der Waals surface area contributed by atoms with Crippen LogP contribution in [0.3, 0.4) is 0 Å². The monoisotopic (exact) mass is 261 g/mol. The highest BCUT2D eigenvalue weighted by molar-refractivity contribution is 5.98. The minimum atomic E-state index is -0.496. The largest absolute Gasteiger partial charge is 0.496 e. The summed E-state index contributed by atoms with van der Waals surface area (Å²) in [4.78, 5) is 23.0. The van der Waals surface area contributed by atoms with Crippen LogP contribution in [0.1, 0.15) is 10.4 Å². The molecule has 0 aliphatic carbocycles. The number of Topliss-reactive ketones (excluding diaryl/α,β-unsaturated/α-hetero) is 1. The quantitative estimate of drug-likeness (QED) is 0.789. The molecule has 0 aliphatic rings. The molecule has 0 N–H and O–H groups in total. The number of rotatable bonds is 4. The molecule has 0 saturated carbocycles. The molecule has 98 valence electrons. The Labute approximate surface area is 109 Å². The molecule has 2 rings (SSSR count). The van der Waals surface area contributed by atoms with Gasteiger partial charge < -0.3 is 9.30 Å². The molecule has 4 nitrogen and oxygen atoms in total. The third-order valence-corrected chi connectivity index (χ3v) is 2.65. The van der Waals surface area contributed by atoms with Crippen LogP contribution < -0.4 is 10.2 Å². The van der Waals surface area contributed by atoms with Crippen molar-refractivity contribution in [2.24, 2.45) is 0 Å². The predicted molar refractivity (Wildman–Crippen MR) is 68.0 cm³/mol. The van der Waals surface area contributed by atoms with Crippen molar-refractivity contribution in [3.63, 3.8) is 0 Å². The first-order chi connectivity index (χ1) is 9.10. The summed E-state index contributed by atoms with van der Waals surface area (Å²) < 4.78 is 19.8. The van der Waals surface area contributed by atoms with Crippen LogP contribution in [0.25, 0.3) is 0 Å². The number of ketones is 1. The maximum absolute atomic E-state index is 13.2. The molecule has 5 heteroatoms. The first kappa shape index (κ1) is 13.0. The number of ether oxygens (including phenoxy) is 1. The molecular weight excluding hydrogens is 249 g/mol. The van der Waals surface area contributed by atoms with E-state index in [0.29, 0.717) is 5.75 Å². The lowest BCUT2D eigenvalue weighted by Crippen LogP contribution is -2.13. The Bertz CT molecular complexity index is 643. The minimum absolute atomic E-state index is 0.0140. The SMILES string of the molecule is COc1ccc(F)cc1C(=O)Cn1ccc(=O)cc1. The number of methoxy groups -OCH3 is 1. The van der Waals surface area contributed by atoms with Gasteiger partial charge in [0.15, 0.2) is 11.2 Å². The number of benzene rings is 1. The highest BCUT2D eigenvalue weighted by Gasteiger charge is 2.13. The lowest BCUT2D eigenvalue weighted by molar-refractivity contribution is 0.0968. The summed E-state index contributed by atoms with van der Waals surface area (Å²) in [5, 5.41) is 0. The molecule has 0 saturated heterocycles. The predicted octanol–water partition coefficient (Wildman–Crippen LogP) is 1.88. The molecule has 0 fully saturated rings. The molecule has 2 aromatic rings. The fourth-order valence-corrected chi connectivity index (χ4v) is 1.70. The Morgan fingerprint density at radius 1 is 1.26 bits per heavy atom. The van der Waals surface area contributed by atoms with E-state index in [1.807, 2.05) is 0 Å². The summed E-state index contributed by atoms with van der Waals surface area (Å²) in [7, 11) is 1.42. The number of halogens is 1. The second kappa shape index (κ2) is 5.48. The van der Waals surface area contributed by atoms with E-state index >= 15 is 0 Å². The van der Waals surface area contributed by atoms with Gasteiger partial charge >= 0.3 is 0 Å². The van der Waals surface area contributed by atoms with E-state index in [0.717, 1.165) is 6.07 Å². The highest BCUT2D eigenvalue weighted by atomic mass is 19.1. The number of hydrogen-bond donors (Lipinski definition) is 0. The van der Waals surface area contributed by atoms with Crippen molar-refractivity contribution >= 4 is 5.78 Å². The van der Waals surface area contributed by atoms with Crippen molar-refractivity contribution < 1.29 is 13.9 Å². The second-order valence-corrected chi connectivity index (χ2v) is 3.97. The Morgan fingerprint density at radius 2 is 1.95 bits per heavy atom. The molecule has 1 aromatic heterocycles. The lowest BCUT2D eigenvalue weighted by atomic mass is 10.1. The van der Waals surface area contributed by atoms with Crippen LogP contribution in [-0.2, 0) is 6.54 Å². The van der Waals surface area contributed by atoms with E-state index < -0.39 is 5.82 Å². The van der Waals surface area contributed by atoms with E-state index in [4.69, 9.17) is 4.74 Å². The van der Waals surface area contributed by atoms with Gasteiger partial charge in [-0.3, -0.25) is 9.59 Å². The average molecular weight is 261 g/mol. The number of carbonyl (C=O) groups excluding carboxylic acids is 1. The molecule has 0 amide bonds. The zero-order valence-electron chi connectivity index (χ0n) is 10.3. The van der Waals surface area contributed by atoms with E-state index in [2.05, 4.69) is 0 Å². The maximum Gasteiger partial charge on any atom is 0.186 e. The molecule has 19 heavy (non-hydrogen) atoms. The summed E-state index contributed by atoms with van der Waals surface area (Å²) in [6.45, 7) is 0.0140. The standard InChI is InChI=1S/C14H12FNO3/c1-19-14-3-2-10(15)8-12(14)13(18)9-16-6-4-11(17)5-7-16/h2-8H,9H2,1H3. The average Bonchev–Trinajstić information content (AvgIpc) is 2.41. The van der Waals surface area contributed by atoms with E-state index in [-0.39, 0.29) is 23.3 Å². The van der Waals surface area contributed by atoms with Crippen molar-refractivity contribution in [1.29, 1.82) is 0 Å². The Balaban J connectivity index is 2.27. The molecule has 0 unspecified atom stereocenters. The van der Waals surface area contributed by atoms with Gasteiger partial charge in [0.2, 0.25) is 0 Å². The smallest absolute Gasteiger partial charge is 0.186 e. The number of aromatic nitrogens is 1. The molecule has 0 atom stereocenters. The van der Waals surface area contributed by atoms with Gasteiger partial charge in [0, 0.05) is 24.5 Å². The molecule has 1 aromatic carbocycles. The first-order valence-electron chi connectivity index (χ1n) is 5.63. The van der Waals surface area contributed by atoms with Gasteiger partial charge in [0.25, 0.3) is 0 Å². The molecule has 0 aliphatic heterocycles. The van der Waals surface area contributed by atoms with E-state index in [1.54, 1.807) is 4.57 Å². The van der Waals surface area contributed by atoms with Crippen LogP contribution >= 0.6 is 0 Å². The Morgan fingerprint density at radius 3 is 2.58 bits per heavy atom. The third kappa shape index (κ3) is 3.07. The van der Waals surface area contributed by atoms with Gasteiger partial charge in [-0.15, -0.1) is 0 Å². The van der Waals surface area contributed by atoms with E-state index in [1.165, 1.54) is 43.8 Å². The zero-order valence-corrected chi connectivity index (χ0v) is 10.3. The van der Waals surface area contributed by atoms with Crippen LogP contribution in [0.2, 0.25) is 0 Å². The van der Waals surface area contributed by atoms with Gasteiger partial charge in [-0.05, 0) is 18.2 Å². The van der Waals surface area contributed by atoms with E-state index in [9.17, 15) is 14.0 Å². The number of nitrogens with zero attached hydrogens (tertiary/aromatic N) is 1. The lowest BCUT2D eigenvalue weighted by Gasteiger charge is -2.09. The summed E-state index contributed by atoms with van der Waals surface area (Å²) in [6, 6.07) is 6.50. The summed E-state index contributed by atoms with van der Waals surface area (Å²) in [6.07, 6.45) is 3.01. The van der Waals surface area contributed by atoms with Crippen LogP contribution in [0, 0.1) is 5.82 Å². The summed E-state index contributed by atoms with van der Waals surface area (Å²) in [5.74, 6) is -0.462. The van der Waals surface area contributed by atoms with Crippen molar-refractivity contribution in [3.8, 4) is 5.75 Å². The minimum Gasteiger partial charge on any atom is -0.496 e. The fourth-order valence-electron chi connectivity index (χ4n) is 1.70. The van der Waals surface area contributed by atoms with Gasteiger partial charge in [0.05, 0.1) is 19.2 Å². The van der Waals surface area contributed by atoms with Crippen molar-refractivity contribution in [1.82, 2.24) is 4.57 Å². The number of pyridine rings is 1. The molecule has 1 heterocycles. The molecule has 0 spiro atoms. The molecule has 0 radical (unpaired) electrons. The topological polar surface area (TPSA) is 48.3 Å². The highest BCUT2D eigenvalue weighted by Crippen LogP contribution is 2.20. The number of hydrogen-bond acceptors (Lipinski definition) is 3. The maximum atomic E-state index is 13.2.